The predicted molar refractivity (Wildman–Crippen MR) is 53.8 cm³/mol. The molecule has 78 valence electrons. The van der Waals surface area contributed by atoms with E-state index in [1.807, 2.05) is 27.9 Å². The summed E-state index contributed by atoms with van der Waals surface area (Å²) in [4.78, 5) is 12.7. The molecule has 1 fully saturated rings. The zero-order valence-corrected chi connectivity index (χ0v) is 9.08. The van der Waals surface area contributed by atoms with Crippen LogP contribution in [0.15, 0.2) is 0 Å². The molecule has 0 aliphatic heterocycles. The van der Waals surface area contributed by atoms with E-state index in [2.05, 4.69) is 4.90 Å². The second-order valence-corrected chi connectivity index (χ2v) is 3.47. The molecule has 0 radical (unpaired) electrons. The Labute approximate surface area is 80.7 Å². The first-order valence-electron chi connectivity index (χ1n) is 5.00. The lowest BCUT2D eigenvalue weighted by atomic mass is 10.1. The van der Waals surface area contributed by atoms with E-state index >= 15 is 0 Å². The fourth-order valence-electron chi connectivity index (χ4n) is 1.65. The molecular weight excluding hydrogens is 166 g/mol. The van der Waals surface area contributed by atoms with Crippen molar-refractivity contribution in [3.63, 3.8) is 0 Å². The third-order valence-corrected chi connectivity index (χ3v) is 2.48. The number of carboxylic acids is 1. The quantitative estimate of drug-likeness (QED) is 0.717. The van der Waals surface area contributed by atoms with Gasteiger partial charge in [0.05, 0.1) is 5.92 Å². The molecule has 3 nitrogen and oxygen atoms in total. The van der Waals surface area contributed by atoms with Crippen molar-refractivity contribution in [1.29, 1.82) is 0 Å². The summed E-state index contributed by atoms with van der Waals surface area (Å²) in [5.41, 5.74) is 0. The molecule has 3 heteroatoms. The summed E-state index contributed by atoms with van der Waals surface area (Å²) in [6, 6.07) is 0.482. The molecule has 0 spiro atoms. The van der Waals surface area contributed by atoms with Gasteiger partial charge in [-0.3, -0.25) is 4.79 Å². The maximum absolute atomic E-state index is 10.6. The van der Waals surface area contributed by atoms with Crippen molar-refractivity contribution in [1.82, 2.24) is 4.90 Å². The molecule has 0 heterocycles. The van der Waals surface area contributed by atoms with Gasteiger partial charge in [-0.15, -0.1) is 0 Å². The average Bonchev–Trinajstić information content (AvgIpc) is 2.56. The smallest absolute Gasteiger partial charge is 0.306 e. The molecular formula is C10H21NO2. The summed E-state index contributed by atoms with van der Waals surface area (Å²) >= 11 is 0. The van der Waals surface area contributed by atoms with Gasteiger partial charge in [0.2, 0.25) is 0 Å². The molecule has 1 rings (SSSR count). The van der Waals surface area contributed by atoms with Gasteiger partial charge >= 0.3 is 5.97 Å². The lowest BCUT2D eigenvalue weighted by molar-refractivity contribution is -0.141. The maximum atomic E-state index is 10.6. The van der Waals surface area contributed by atoms with Crippen molar-refractivity contribution in [2.45, 2.75) is 39.2 Å². The summed E-state index contributed by atoms with van der Waals surface area (Å²) in [7, 11) is 4.02. The van der Waals surface area contributed by atoms with Crippen LogP contribution in [0.5, 0.6) is 0 Å². The Morgan fingerprint density at radius 2 is 1.85 bits per heavy atom. The van der Waals surface area contributed by atoms with Crippen LogP contribution in [0.2, 0.25) is 0 Å². The lowest BCUT2D eigenvalue weighted by Gasteiger charge is -2.17. The largest absolute Gasteiger partial charge is 0.481 e. The molecule has 0 amide bonds. The monoisotopic (exact) mass is 187 g/mol. The van der Waals surface area contributed by atoms with Crippen LogP contribution in [-0.2, 0) is 4.79 Å². The van der Waals surface area contributed by atoms with Gasteiger partial charge in [-0.1, -0.05) is 13.8 Å². The topological polar surface area (TPSA) is 40.5 Å². The molecule has 1 N–H and O–H groups in total. The van der Waals surface area contributed by atoms with Crippen molar-refractivity contribution in [2.24, 2.45) is 5.92 Å². The Kier molecular flexibility index (Phi) is 5.71. The molecule has 1 aliphatic carbocycles. The van der Waals surface area contributed by atoms with E-state index in [9.17, 15) is 4.79 Å². The normalized spacial score (nSPS) is 26.8. The van der Waals surface area contributed by atoms with Crippen molar-refractivity contribution in [2.75, 3.05) is 14.1 Å². The van der Waals surface area contributed by atoms with Crippen molar-refractivity contribution >= 4 is 5.97 Å². The van der Waals surface area contributed by atoms with E-state index in [1.165, 1.54) is 0 Å². The van der Waals surface area contributed by atoms with E-state index in [-0.39, 0.29) is 5.92 Å². The van der Waals surface area contributed by atoms with E-state index in [0.717, 1.165) is 19.3 Å². The summed E-state index contributed by atoms with van der Waals surface area (Å²) in [5, 5.41) is 8.69. The van der Waals surface area contributed by atoms with E-state index in [1.54, 1.807) is 0 Å². The van der Waals surface area contributed by atoms with Crippen LogP contribution in [0.3, 0.4) is 0 Å². The first kappa shape index (κ1) is 12.4. The Bertz CT molecular complexity index is 157. The van der Waals surface area contributed by atoms with Crippen LogP contribution in [0, 0.1) is 5.92 Å². The Morgan fingerprint density at radius 1 is 1.31 bits per heavy atom. The first-order chi connectivity index (χ1) is 6.11. The van der Waals surface area contributed by atoms with Crippen LogP contribution in [-0.4, -0.2) is 36.1 Å². The number of aliphatic carboxylic acids is 1. The zero-order valence-electron chi connectivity index (χ0n) is 9.08. The fraction of sp³-hybridized carbons (Fsp3) is 0.900. The second-order valence-electron chi connectivity index (χ2n) is 3.47. The lowest BCUT2D eigenvalue weighted by Crippen LogP contribution is -2.25. The third kappa shape index (κ3) is 3.77. The highest BCUT2D eigenvalue weighted by atomic mass is 16.4. The summed E-state index contributed by atoms with van der Waals surface area (Å²) in [6.07, 6.45) is 2.70. The highest BCUT2D eigenvalue weighted by Gasteiger charge is 2.30. The van der Waals surface area contributed by atoms with Gasteiger partial charge in [0.25, 0.3) is 0 Å². The van der Waals surface area contributed by atoms with Gasteiger partial charge in [-0.05, 0) is 33.4 Å². The van der Waals surface area contributed by atoms with Gasteiger partial charge in [0, 0.05) is 6.04 Å². The molecule has 0 aromatic rings. The Balaban J connectivity index is 0.000000671. The summed E-state index contributed by atoms with van der Waals surface area (Å²) < 4.78 is 0. The number of hydrogen-bond acceptors (Lipinski definition) is 2. The van der Waals surface area contributed by atoms with Crippen LogP contribution < -0.4 is 0 Å². The van der Waals surface area contributed by atoms with Gasteiger partial charge in [0.15, 0.2) is 0 Å². The first-order valence-corrected chi connectivity index (χ1v) is 5.00. The second kappa shape index (κ2) is 5.97. The van der Waals surface area contributed by atoms with Crippen LogP contribution in [0.1, 0.15) is 33.1 Å². The van der Waals surface area contributed by atoms with Gasteiger partial charge < -0.3 is 10.0 Å². The molecule has 1 saturated carbocycles. The van der Waals surface area contributed by atoms with Crippen molar-refractivity contribution in [3.05, 3.63) is 0 Å². The van der Waals surface area contributed by atoms with Crippen molar-refractivity contribution in [3.8, 4) is 0 Å². The van der Waals surface area contributed by atoms with E-state index in [0.29, 0.717) is 6.04 Å². The minimum Gasteiger partial charge on any atom is -0.481 e. The van der Waals surface area contributed by atoms with Crippen molar-refractivity contribution < 1.29 is 9.90 Å². The summed E-state index contributed by atoms with van der Waals surface area (Å²) in [5.74, 6) is -0.725. The zero-order chi connectivity index (χ0) is 10.4. The number of hydrogen-bond donors (Lipinski definition) is 1. The van der Waals surface area contributed by atoms with E-state index < -0.39 is 5.97 Å². The molecule has 2 atom stereocenters. The molecule has 0 saturated heterocycles. The molecule has 1 aliphatic rings. The Hall–Kier alpha value is -0.570. The minimum atomic E-state index is -0.630. The van der Waals surface area contributed by atoms with Crippen LogP contribution >= 0.6 is 0 Å². The molecule has 13 heavy (non-hydrogen) atoms. The van der Waals surface area contributed by atoms with E-state index in [4.69, 9.17) is 5.11 Å². The molecule has 0 aromatic carbocycles. The highest BCUT2D eigenvalue weighted by Crippen LogP contribution is 2.27. The molecule has 2 unspecified atom stereocenters. The van der Waals surface area contributed by atoms with Crippen LogP contribution in [0.25, 0.3) is 0 Å². The number of rotatable bonds is 2. The SMILES string of the molecule is CC.CN(C)C1CCC(C(=O)O)C1. The molecule has 0 bridgehead atoms. The van der Waals surface area contributed by atoms with Gasteiger partial charge in [-0.2, -0.15) is 0 Å². The highest BCUT2D eigenvalue weighted by molar-refractivity contribution is 5.70. The van der Waals surface area contributed by atoms with Crippen LogP contribution in [0.4, 0.5) is 0 Å². The Morgan fingerprint density at radius 3 is 2.08 bits per heavy atom. The fourth-order valence-corrected chi connectivity index (χ4v) is 1.65. The van der Waals surface area contributed by atoms with Gasteiger partial charge in [0.1, 0.15) is 0 Å². The number of nitrogens with zero attached hydrogens (tertiary/aromatic N) is 1. The number of carboxylic acid groups (broad SMARTS) is 1. The molecule has 0 aromatic heterocycles. The van der Waals surface area contributed by atoms with Gasteiger partial charge in [-0.25, -0.2) is 0 Å². The summed E-state index contributed by atoms with van der Waals surface area (Å²) in [6.45, 7) is 4.00. The predicted octanol–water partition coefficient (Wildman–Crippen LogP) is 1.83. The minimum absolute atomic E-state index is 0.0950. The standard InChI is InChI=1S/C8H15NO2.C2H6/c1-9(2)7-4-3-6(5-7)8(10)11;1-2/h6-7H,3-5H2,1-2H3,(H,10,11);1-2H3. The average molecular weight is 187 g/mol. The maximum Gasteiger partial charge on any atom is 0.306 e. The third-order valence-electron chi connectivity index (χ3n) is 2.48. The number of carbonyl (C=O) groups is 1.